The van der Waals surface area contributed by atoms with Crippen LogP contribution in [0, 0.1) is 5.92 Å². The van der Waals surface area contributed by atoms with Gasteiger partial charge in [-0.3, -0.25) is 4.99 Å². The summed E-state index contributed by atoms with van der Waals surface area (Å²) in [6, 6.07) is 6.04. The van der Waals surface area contributed by atoms with Crippen molar-refractivity contribution >= 4 is 11.4 Å². The third kappa shape index (κ3) is 3.02. The van der Waals surface area contributed by atoms with Crippen LogP contribution >= 0.6 is 0 Å². The number of benzene rings is 1. The predicted octanol–water partition coefficient (Wildman–Crippen LogP) is 3.95. The summed E-state index contributed by atoms with van der Waals surface area (Å²) < 4.78 is 10.7. The van der Waals surface area contributed by atoms with Crippen LogP contribution in [0.3, 0.4) is 0 Å². The van der Waals surface area contributed by atoms with Crippen LogP contribution in [-0.4, -0.2) is 37.7 Å². The minimum Gasteiger partial charge on any atom is -0.493 e. The molecular weight excluding hydrogens is 374 g/mol. The molecule has 30 heavy (non-hydrogen) atoms. The first-order valence-electron chi connectivity index (χ1n) is 10.3. The zero-order valence-corrected chi connectivity index (χ0v) is 17.3. The van der Waals surface area contributed by atoms with Crippen LogP contribution in [0.25, 0.3) is 0 Å². The Bertz CT molecular complexity index is 1090. The number of allylic oxidation sites excluding steroid dienone is 5. The van der Waals surface area contributed by atoms with Gasteiger partial charge in [0.2, 0.25) is 0 Å². The smallest absolute Gasteiger partial charge is 0.160 e. The molecule has 1 aromatic rings. The van der Waals surface area contributed by atoms with Crippen molar-refractivity contribution in [1.82, 2.24) is 5.32 Å². The van der Waals surface area contributed by atoms with Crippen LogP contribution in [-0.2, 0) is 6.42 Å². The lowest BCUT2D eigenvalue weighted by Crippen LogP contribution is -2.43. The van der Waals surface area contributed by atoms with Crippen molar-refractivity contribution in [2.75, 3.05) is 20.8 Å². The molecule has 2 aliphatic carbocycles. The zero-order valence-electron chi connectivity index (χ0n) is 17.3. The highest BCUT2D eigenvalue weighted by Gasteiger charge is 2.49. The topological polar surface area (TPSA) is 55.2 Å². The highest BCUT2D eigenvalue weighted by atomic mass is 16.5. The molecule has 1 N–H and O–H groups in total. The van der Waals surface area contributed by atoms with Crippen molar-refractivity contribution in [1.29, 1.82) is 0 Å². The second-order valence-electron chi connectivity index (χ2n) is 7.75. The molecule has 5 rings (SSSR count). The van der Waals surface area contributed by atoms with Gasteiger partial charge in [-0.25, -0.2) is 4.99 Å². The normalized spacial score (nSPS) is 25.3. The van der Waals surface area contributed by atoms with Gasteiger partial charge in [0.1, 0.15) is 11.4 Å². The van der Waals surface area contributed by atoms with Crippen molar-refractivity contribution in [2.24, 2.45) is 15.9 Å². The van der Waals surface area contributed by atoms with Gasteiger partial charge in [0.25, 0.3) is 0 Å². The largest absolute Gasteiger partial charge is 0.493 e. The van der Waals surface area contributed by atoms with E-state index >= 15 is 0 Å². The summed E-state index contributed by atoms with van der Waals surface area (Å²) in [5.74, 6) is 2.60. The first-order chi connectivity index (χ1) is 14.7. The third-order valence-electron chi connectivity index (χ3n) is 6.04. The molecule has 2 unspecified atom stereocenters. The standard InChI is InChI=1S/C25H25N3O2/c1-29-21-11-10-17(15-22(21)30-2)12-14-26-24-16-19-18-7-3-4-8-20(18)28-25(19)13-6-5-9-23(25)27-24/h3-7,9-11,13,15-16,19,26H,8,12,14H2,1-2H3. The lowest BCUT2D eigenvalue weighted by atomic mass is 9.74. The monoisotopic (exact) mass is 399 g/mol. The van der Waals surface area contributed by atoms with E-state index in [9.17, 15) is 0 Å². The van der Waals surface area contributed by atoms with Crippen LogP contribution < -0.4 is 14.8 Å². The Morgan fingerprint density at radius 3 is 2.90 bits per heavy atom. The van der Waals surface area contributed by atoms with Crippen molar-refractivity contribution in [3.8, 4) is 11.5 Å². The Balaban J connectivity index is 1.35. The molecule has 1 spiro atoms. The number of nitrogens with zero attached hydrogens (tertiary/aromatic N) is 2. The minimum absolute atomic E-state index is 0.190. The molecule has 0 fully saturated rings. The highest BCUT2D eigenvalue weighted by molar-refractivity contribution is 6.16. The van der Waals surface area contributed by atoms with Crippen LogP contribution in [0.5, 0.6) is 11.5 Å². The molecule has 0 amide bonds. The molecule has 1 aromatic carbocycles. The molecule has 0 bridgehead atoms. The Morgan fingerprint density at radius 2 is 2.03 bits per heavy atom. The Hall–Kier alpha value is -3.34. The number of ether oxygens (including phenoxy) is 2. The number of fused-ring (bicyclic) bond motifs is 2. The summed E-state index contributed by atoms with van der Waals surface area (Å²) in [6.07, 6.45) is 18.9. The van der Waals surface area contributed by atoms with Gasteiger partial charge >= 0.3 is 0 Å². The van der Waals surface area contributed by atoms with E-state index in [1.807, 2.05) is 18.2 Å². The summed E-state index contributed by atoms with van der Waals surface area (Å²) in [6.45, 7) is 0.782. The number of methoxy groups -OCH3 is 2. The van der Waals surface area contributed by atoms with Gasteiger partial charge in [-0.1, -0.05) is 42.5 Å². The predicted molar refractivity (Wildman–Crippen MR) is 121 cm³/mol. The minimum atomic E-state index is -0.379. The van der Waals surface area contributed by atoms with Crippen molar-refractivity contribution in [3.63, 3.8) is 0 Å². The van der Waals surface area contributed by atoms with E-state index < -0.39 is 0 Å². The van der Waals surface area contributed by atoms with Gasteiger partial charge in [0.15, 0.2) is 11.5 Å². The zero-order chi connectivity index (χ0) is 20.6. The summed E-state index contributed by atoms with van der Waals surface area (Å²) in [5.41, 5.74) is 4.30. The molecule has 2 atom stereocenters. The van der Waals surface area contributed by atoms with E-state index in [2.05, 4.69) is 53.9 Å². The summed E-state index contributed by atoms with van der Waals surface area (Å²) >= 11 is 0. The molecule has 0 aromatic heterocycles. The molecule has 2 aliphatic heterocycles. The number of aliphatic imine (C=N–C) groups is 2. The number of hydrogen-bond acceptors (Lipinski definition) is 5. The quantitative estimate of drug-likeness (QED) is 0.788. The maximum absolute atomic E-state index is 5.41. The fourth-order valence-electron chi connectivity index (χ4n) is 4.55. The summed E-state index contributed by atoms with van der Waals surface area (Å²) in [5, 5.41) is 3.52. The van der Waals surface area contributed by atoms with E-state index in [0.29, 0.717) is 0 Å². The average molecular weight is 399 g/mol. The van der Waals surface area contributed by atoms with Gasteiger partial charge in [-0.2, -0.15) is 0 Å². The van der Waals surface area contributed by atoms with E-state index in [0.717, 1.165) is 42.4 Å². The third-order valence-corrected chi connectivity index (χ3v) is 6.04. The molecule has 2 heterocycles. The molecule has 0 saturated carbocycles. The number of nitrogens with one attached hydrogen (secondary N) is 1. The molecule has 0 radical (unpaired) electrons. The molecule has 152 valence electrons. The molecule has 4 aliphatic rings. The Morgan fingerprint density at radius 1 is 1.13 bits per heavy atom. The molecular formula is C25H25N3O2. The van der Waals surface area contributed by atoms with Gasteiger partial charge in [0, 0.05) is 24.6 Å². The fraction of sp³-hybridized carbons (Fsp3) is 0.280. The van der Waals surface area contributed by atoms with Gasteiger partial charge in [-0.05, 0) is 41.8 Å². The first-order valence-corrected chi connectivity index (χ1v) is 10.3. The van der Waals surface area contributed by atoms with Crippen LogP contribution in [0.2, 0.25) is 0 Å². The van der Waals surface area contributed by atoms with Crippen molar-refractivity contribution in [3.05, 3.63) is 83.8 Å². The van der Waals surface area contributed by atoms with Gasteiger partial charge in [0.05, 0.1) is 19.9 Å². The SMILES string of the molecule is COc1ccc(CCNC2=CC3C4=CC=CCC4=NC34C=CC=CC4=N2)cc1OC. The number of hydrogen-bond donors (Lipinski definition) is 1. The Kier molecular flexibility index (Phi) is 4.66. The maximum Gasteiger partial charge on any atom is 0.160 e. The average Bonchev–Trinajstić information content (AvgIpc) is 3.11. The van der Waals surface area contributed by atoms with E-state index in [1.54, 1.807) is 14.2 Å². The van der Waals surface area contributed by atoms with Crippen molar-refractivity contribution < 1.29 is 9.47 Å². The molecule has 5 nitrogen and oxygen atoms in total. The fourth-order valence-corrected chi connectivity index (χ4v) is 4.55. The second kappa shape index (κ2) is 7.48. The lowest BCUT2D eigenvalue weighted by molar-refractivity contribution is 0.354. The van der Waals surface area contributed by atoms with Crippen LogP contribution in [0.15, 0.2) is 88.2 Å². The molecule has 5 heteroatoms. The lowest BCUT2D eigenvalue weighted by Gasteiger charge is -2.34. The van der Waals surface area contributed by atoms with Gasteiger partial charge < -0.3 is 14.8 Å². The van der Waals surface area contributed by atoms with Crippen LogP contribution in [0.4, 0.5) is 0 Å². The van der Waals surface area contributed by atoms with Crippen molar-refractivity contribution in [2.45, 2.75) is 18.4 Å². The Labute approximate surface area is 176 Å². The molecule has 0 saturated heterocycles. The van der Waals surface area contributed by atoms with Crippen LogP contribution in [0.1, 0.15) is 12.0 Å². The number of rotatable bonds is 6. The summed E-state index contributed by atoms with van der Waals surface area (Å²) in [7, 11) is 3.31. The first kappa shape index (κ1) is 18.7. The maximum atomic E-state index is 5.41. The van der Waals surface area contributed by atoms with E-state index in [1.165, 1.54) is 16.8 Å². The highest BCUT2D eigenvalue weighted by Crippen LogP contribution is 2.45. The second-order valence-corrected chi connectivity index (χ2v) is 7.75. The van der Waals surface area contributed by atoms with E-state index in [-0.39, 0.29) is 11.5 Å². The van der Waals surface area contributed by atoms with E-state index in [4.69, 9.17) is 19.5 Å². The van der Waals surface area contributed by atoms with Gasteiger partial charge in [-0.15, -0.1) is 0 Å². The summed E-state index contributed by atoms with van der Waals surface area (Å²) in [4.78, 5) is 10.0.